The second-order valence-corrected chi connectivity index (χ2v) is 5.36. The highest BCUT2D eigenvalue weighted by Crippen LogP contribution is 2.21. The minimum Gasteiger partial charge on any atom is -0.479 e. The van der Waals surface area contributed by atoms with Crippen molar-refractivity contribution in [3.63, 3.8) is 0 Å². The Morgan fingerprint density at radius 1 is 1.39 bits per heavy atom. The number of rotatable bonds is 5. The smallest absolute Gasteiger partial charge is 0.337 e. The zero-order chi connectivity index (χ0) is 13.9. The van der Waals surface area contributed by atoms with Gasteiger partial charge in [-0.3, -0.25) is 4.79 Å². The molecule has 5 heteroatoms. The van der Waals surface area contributed by atoms with Crippen molar-refractivity contribution >= 4 is 27.7 Å². The van der Waals surface area contributed by atoms with Crippen LogP contribution >= 0.6 is 15.9 Å². The topological polar surface area (TPSA) is 74.6 Å². The minimum absolute atomic E-state index is 0.0526. The average molecular weight is 315 g/mol. The van der Waals surface area contributed by atoms with Gasteiger partial charge in [-0.1, -0.05) is 41.1 Å². The van der Waals surface area contributed by atoms with Gasteiger partial charge in [0.1, 0.15) is 0 Å². The molecule has 0 bridgehead atoms. The van der Waals surface area contributed by atoms with Crippen LogP contribution in [0.2, 0.25) is 0 Å². The summed E-state index contributed by atoms with van der Waals surface area (Å²) < 4.78 is 0. The molecular weight excluding hydrogens is 300 g/mol. The number of ketones is 1. The average Bonchev–Trinajstić information content (AvgIpc) is 2.35. The molecule has 2 N–H and O–H groups in total. The number of benzene rings is 1. The number of carbonyl (C=O) groups is 2. The Kier molecular flexibility index (Phi) is 5.04. The number of carboxylic acids is 1. The molecule has 0 saturated carbocycles. The molecule has 4 nitrogen and oxygen atoms in total. The van der Waals surface area contributed by atoms with E-state index in [1.165, 1.54) is 6.07 Å². The summed E-state index contributed by atoms with van der Waals surface area (Å²) in [6.07, 6.45) is -0.957. The predicted octanol–water partition coefficient (Wildman–Crippen LogP) is 2.33. The van der Waals surface area contributed by atoms with Crippen LogP contribution < -0.4 is 0 Å². The minimum atomic E-state index is -1.55. The van der Waals surface area contributed by atoms with Gasteiger partial charge in [0.15, 0.2) is 11.9 Å². The number of alkyl halides is 1. The van der Waals surface area contributed by atoms with E-state index < -0.39 is 12.1 Å². The first kappa shape index (κ1) is 14.9. The molecule has 18 heavy (non-hydrogen) atoms. The first-order chi connectivity index (χ1) is 8.38. The van der Waals surface area contributed by atoms with Gasteiger partial charge in [0, 0.05) is 5.56 Å². The summed E-state index contributed by atoms with van der Waals surface area (Å²) in [6, 6.07) is 4.61. The maximum atomic E-state index is 11.9. The summed E-state index contributed by atoms with van der Waals surface area (Å²) in [7, 11) is 0. The molecule has 0 aromatic heterocycles. The first-order valence-corrected chi connectivity index (χ1v) is 6.52. The normalized spacial score (nSPS) is 14.0. The molecule has 0 aliphatic rings. The molecule has 1 aromatic rings. The summed E-state index contributed by atoms with van der Waals surface area (Å²) in [5.41, 5.74) is 1.59. The molecule has 0 heterocycles. The lowest BCUT2D eigenvalue weighted by molar-refractivity contribution is -0.146. The van der Waals surface area contributed by atoms with Crippen LogP contribution in [-0.2, 0) is 11.2 Å². The van der Waals surface area contributed by atoms with Gasteiger partial charge in [-0.2, -0.15) is 0 Å². The van der Waals surface area contributed by atoms with Crippen molar-refractivity contribution in [3.8, 4) is 0 Å². The Morgan fingerprint density at radius 3 is 2.44 bits per heavy atom. The van der Waals surface area contributed by atoms with Crippen LogP contribution in [-0.4, -0.2) is 26.8 Å². The van der Waals surface area contributed by atoms with E-state index in [0.29, 0.717) is 12.0 Å². The van der Waals surface area contributed by atoms with Gasteiger partial charge in [-0.15, -0.1) is 0 Å². The Morgan fingerprint density at radius 2 is 2.00 bits per heavy atom. The molecular formula is C13H15BrO4. The van der Waals surface area contributed by atoms with Crippen molar-refractivity contribution in [1.29, 1.82) is 0 Å². The molecule has 0 aliphatic heterocycles. The van der Waals surface area contributed by atoms with E-state index >= 15 is 0 Å². The van der Waals surface area contributed by atoms with Crippen LogP contribution in [0.3, 0.4) is 0 Å². The Balaban J connectivity index is 3.19. The highest BCUT2D eigenvalue weighted by Gasteiger charge is 2.20. The second kappa shape index (κ2) is 6.11. The monoisotopic (exact) mass is 314 g/mol. The molecule has 98 valence electrons. The van der Waals surface area contributed by atoms with Crippen LogP contribution in [0, 0.1) is 0 Å². The first-order valence-electron chi connectivity index (χ1n) is 5.60. The number of aryl methyl sites for hydroxylation is 1. The van der Waals surface area contributed by atoms with E-state index in [9.17, 15) is 14.7 Å². The van der Waals surface area contributed by atoms with Crippen molar-refractivity contribution in [1.82, 2.24) is 0 Å². The predicted molar refractivity (Wildman–Crippen MR) is 71.1 cm³/mol. The number of aliphatic hydroxyl groups excluding tert-OH is 1. The van der Waals surface area contributed by atoms with Crippen LogP contribution in [0.1, 0.15) is 41.4 Å². The van der Waals surface area contributed by atoms with Gasteiger partial charge >= 0.3 is 5.97 Å². The van der Waals surface area contributed by atoms with Gasteiger partial charge in [-0.25, -0.2) is 4.79 Å². The number of carboxylic acid groups (broad SMARTS) is 1. The third-order valence-electron chi connectivity index (χ3n) is 2.69. The van der Waals surface area contributed by atoms with Crippen LogP contribution in [0.4, 0.5) is 0 Å². The van der Waals surface area contributed by atoms with Crippen LogP contribution in [0.25, 0.3) is 0 Å². The highest BCUT2D eigenvalue weighted by molar-refractivity contribution is 9.10. The zero-order valence-corrected chi connectivity index (χ0v) is 11.8. The van der Waals surface area contributed by atoms with Crippen molar-refractivity contribution in [2.45, 2.75) is 31.2 Å². The lowest BCUT2D eigenvalue weighted by Gasteiger charge is -2.12. The number of aliphatic hydroxyl groups is 1. The third kappa shape index (κ3) is 3.17. The quantitative estimate of drug-likeness (QED) is 0.646. The molecule has 0 spiro atoms. The molecule has 1 aromatic carbocycles. The maximum absolute atomic E-state index is 11.9. The van der Waals surface area contributed by atoms with Gasteiger partial charge in [0.05, 0.1) is 4.83 Å². The van der Waals surface area contributed by atoms with Crippen molar-refractivity contribution < 1.29 is 19.8 Å². The molecule has 2 atom stereocenters. The number of hydrogen-bond donors (Lipinski definition) is 2. The summed E-state index contributed by atoms with van der Waals surface area (Å²) in [4.78, 5) is 22.3. The van der Waals surface area contributed by atoms with Gasteiger partial charge in [0.2, 0.25) is 0 Å². The molecule has 2 unspecified atom stereocenters. The number of halogens is 1. The second-order valence-electron chi connectivity index (χ2n) is 3.99. The summed E-state index contributed by atoms with van der Waals surface area (Å²) in [6.45, 7) is 3.61. The van der Waals surface area contributed by atoms with Gasteiger partial charge in [-0.05, 0) is 24.5 Å². The lowest BCUT2D eigenvalue weighted by Crippen LogP contribution is -2.15. The Bertz CT molecular complexity index is 468. The van der Waals surface area contributed by atoms with E-state index in [0.717, 1.165) is 5.56 Å². The third-order valence-corrected chi connectivity index (χ3v) is 3.10. The molecule has 0 amide bonds. The summed E-state index contributed by atoms with van der Waals surface area (Å²) in [5.74, 6) is -1.35. The number of aliphatic carboxylic acids is 1. The lowest BCUT2D eigenvalue weighted by atomic mass is 9.96. The van der Waals surface area contributed by atoms with E-state index in [2.05, 4.69) is 15.9 Å². The van der Waals surface area contributed by atoms with Gasteiger partial charge < -0.3 is 10.2 Å². The molecule has 0 saturated heterocycles. The molecule has 0 radical (unpaired) electrons. The molecule has 1 rings (SSSR count). The van der Waals surface area contributed by atoms with E-state index in [1.807, 2.05) is 6.92 Å². The van der Waals surface area contributed by atoms with Crippen LogP contribution in [0.5, 0.6) is 0 Å². The number of carbonyl (C=O) groups excluding carboxylic acids is 1. The standard InChI is InChI=1S/C13H15BrO4/c1-3-8-6-9(12(16)13(17)18)4-5-10(8)11(15)7(2)14/h4-7,12,16H,3H2,1-2H3,(H,17,18). The molecule has 0 aliphatic carbocycles. The largest absolute Gasteiger partial charge is 0.479 e. The number of Topliss-reactive ketones (excluding diaryl/α,β-unsaturated/α-hetero) is 1. The summed E-state index contributed by atoms with van der Waals surface area (Å²) >= 11 is 3.22. The summed E-state index contributed by atoms with van der Waals surface area (Å²) in [5, 5.41) is 18.2. The number of hydrogen-bond acceptors (Lipinski definition) is 3. The van der Waals surface area contributed by atoms with Crippen molar-refractivity contribution in [2.24, 2.45) is 0 Å². The van der Waals surface area contributed by atoms with Gasteiger partial charge in [0.25, 0.3) is 0 Å². The fraction of sp³-hybridized carbons (Fsp3) is 0.385. The van der Waals surface area contributed by atoms with E-state index in [1.54, 1.807) is 19.1 Å². The van der Waals surface area contributed by atoms with Crippen LogP contribution in [0.15, 0.2) is 18.2 Å². The Labute approximate surface area is 114 Å². The maximum Gasteiger partial charge on any atom is 0.337 e. The highest BCUT2D eigenvalue weighted by atomic mass is 79.9. The van der Waals surface area contributed by atoms with Crippen molar-refractivity contribution in [3.05, 3.63) is 34.9 Å². The van der Waals surface area contributed by atoms with Crippen molar-refractivity contribution in [2.75, 3.05) is 0 Å². The van der Waals surface area contributed by atoms with E-state index in [4.69, 9.17) is 5.11 Å². The fourth-order valence-corrected chi connectivity index (χ4v) is 1.92. The van der Waals surface area contributed by atoms with E-state index in [-0.39, 0.29) is 16.2 Å². The fourth-order valence-electron chi connectivity index (χ4n) is 1.67. The zero-order valence-electron chi connectivity index (χ0n) is 10.2. The molecule has 0 fully saturated rings. The Hall–Kier alpha value is -1.20. The SMILES string of the molecule is CCc1cc(C(O)C(=O)O)ccc1C(=O)C(C)Br.